The zero-order valence-corrected chi connectivity index (χ0v) is 15.8. The first kappa shape index (κ1) is 17.6. The fraction of sp³-hybridized carbons (Fsp3) is 0.105. The van der Waals surface area contributed by atoms with Gasteiger partial charge in [0.15, 0.2) is 0 Å². The first-order valence-corrected chi connectivity index (χ1v) is 8.98. The van der Waals surface area contributed by atoms with Gasteiger partial charge in [-0.25, -0.2) is 4.68 Å². The third kappa shape index (κ3) is 3.54. The lowest BCUT2D eigenvalue weighted by Crippen LogP contribution is -2.20. The summed E-state index contributed by atoms with van der Waals surface area (Å²) in [5.41, 5.74) is 3.34. The van der Waals surface area contributed by atoms with Gasteiger partial charge in [-0.05, 0) is 41.5 Å². The molecule has 8 heteroatoms. The molecule has 0 bridgehead atoms. The topological polar surface area (TPSA) is 71.8 Å². The second kappa shape index (κ2) is 7.06. The Balaban J connectivity index is 1.78. The van der Waals surface area contributed by atoms with Crippen LogP contribution in [0.15, 0.2) is 54.9 Å². The van der Waals surface area contributed by atoms with Crippen molar-refractivity contribution in [2.24, 2.45) is 0 Å². The molecular formula is C19H15Cl2N5O. The van der Waals surface area contributed by atoms with Crippen LogP contribution in [-0.4, -0.2) is 20.7 Å². The molecule has 1 amide bonds. The van der Waals surface area contributed by atoms with Crippen LogP contribution in [0.1, 0.15) is 24.1 Å². The van der Waals surface area contributed by atoms with Crippen molar-refractivity contribution in [1.29, 1.82) is 0 Å². The van der Waals surface area contributed by atoms with Crippen LogP contribution in [0.25, 0.3) is 5.70 Å². The number of anilines is 2. The van der Waals surface area contributed by atoms with Crippen molar-refractivity contribution in [3.05, 3.63) is 76.0 Å². The standard InChI is InChI=1S/C19H15Cl2N5O/c1-11(27)24-14-4-2-3-12(7-14)17-9-18(26-19(25-17)22-10-23-26)15-6-5-13(20)8-16(15)21/h2-10,18H,1H3,(H,24,27)(H,22,23,25). The number of fused-ring (bicyclic) bond motifs is 1. The Labute approximate surface area is 165 Å². The van der Waals surface area contributed by atoms with Crippen molar-refractivity contribution >= 4 is 46.4 Å². The second-order valence-corrected chi connectivity index (χ2v) is 6.95. The summed E-state index contributed by atoms with van der Waals surface area (Å²) in [6.45, 7) is 1.48. The highest BCUT2D eigenvalue weighted by atomic mass is 35.5. The van der Waals surface area contributed by atoms with Crippen LogP contribution < -0.4 is 10.6 Å². The maximum atomic E-state index is 11.3. The Hall–Kier alpha value is -2.83. The molecule has 0 fully saturated rings. The highest BCUT2D eigenvalue weighted by molar-refractivity contribution is 6.35. The number of carbonyl (C=O) groups excluding carboxylic acids is 1. The molecule has 136 valence electrons. The van der Waals surface area contributed by atoms with Crippen LogP contribution in [-0.2, 0) is 4.79 Å². The number of carbonyl (C=O) groups is 1. The van der Waals surface area contributed by atoms with Crippen LogP contribution in [0.2, 0.25) is 10.0 Å². The molecule has 0 aliphatic carbocycles. The van der Waals surface area contributed by atoms with E-state index >= 15 is 0 Å². The molecule has 6 nitrogen and oxygen atoms in total. The Bertz CT molecular complexity index is 1060. The average Bonchev–Trinajstić information content (AvgIpc) is 3.09. The minimum atomic E-state index is -0.243. The molecule has 2 heterocycles. The Kier molecular flexibility index (Phi) is 4.59. The summed E-state index contributed by atoms with van der Waals surface area (Å²) in [6, 6.07) is 12.7. The summed E-state index contributed by atoms with van der Waals surface area (Å²) in [4.78, 5) is 15.6. The second-order valence-electron chi connectivity index (χ2n) is 6.11. The number of halogens is 2. The number of amides is 1. The van der Waals surface area contributed by atoms with Crippen molar-refractivity contribution in [3.8, 4) is 0 Å². The summed E-state index contributed by atoms with van der Waals surface area (Å²) in [5.74, 6) is 0.483. The summed E-state index contributed by atoms with van der Waals surface area (Å²) >= 11 is 12.5. The van der Waals surface area contributed by atoms with Gasteiger partial charge in [-0.15, -0.1) is 0 Å². The number of benzene rings is 2. The number of rotatable bonds is 3. The van der Waals surface area contributed by atoms with Gasteiger partial charge in [0.05, 0.1) is 0 Å². The van der Waals surface area contributed by atoms with E-state index in [2.05, 4.69) is 20.7 Å². The number of nitrogens with zero attached hydrogens (tertiary/aromatic N) is 3. The van der Waals surface area contributed by atoms with E-state index in [0.717, 1.165) is 22.5 Å². The number of allylic oxidation sites excluding steroid dienone is 1. The van der Waals surface area contributed by atoms with E-state index in [1.807, 2.05) is 36.4 Å². The molecule has 1 aliphatic rings. The summed E-state index contributed by atoms with van der Waals surface area (Å²) in [5, 5.41) is 11.5. The SMILES string of the molecule is CC(=O)Nc1cccc(C2=CC(c3ccc(Cl)cc3Cl)n3ncnc3N2)c1. The van der Waals surface area contributed by atoms with Crippen molar-refractivity contribution in [3.63, 3.8) is 0 Å². The highest BCUT2D eigenvalue weighted by Crippen LogP contribution is 2.36. The summed E-state index contributed by atoms with van der Waals surface area (Å²) in [6.07, 6.45) is 3.51. The Morgan fingerprint density at radius 2 is 2.07 bits per heavy atom. The number of aromatic nitrogens is 3. The average molecular weight is 400 g/mol. The molecular weight excluding hydrogens is 385 g/mol. The van der Waals surface area contributed by atoms with Crippen molar-refractivity contribution in [2.75, 3.05) is 10.6 Å². The molecule has 0 saturated heterocycles. The van der Waals surface area contributed by atoms with E-state index in [-0.39, 0.29) is 11.9 Å². The van der Waals surface area contributed by atoms with E-state index in [0.29, 0.717) is 16.0 Å². The molecule has 2 N–H and O–H groups in total. The number of hydrogen-bond donors (Lipinski definition) is 2. The minimum absolute atomic E-state index is 0.122. The molecule has 1 aliphatic heterocycles. The fourth-order valence-electron chi connectivity index (χ4n) is 3.03. The lowest BCUT2D eigenvalue weighted by atomic mass is 10.0. The maximum Gasteiger partial charge on any atom is 0.226 e. The lowest BCUT2D eigenvalue weighted by Gasteiger charge is -2.25. The van der Waals surface area contributed by atoms with Gasteiger partial charge < -0.3 is 10.6 Å². The first-order valence-electron chi connectivity index (χ1n) is 8.22. The van der Waals surface area contributed by atoms with Gasteiger partial charge in [-0.1, -0.05) is 41.4 Å². The third-order valence-electron chi connectivity index (χ3n) is 4.18. The van der Waals surface area contributed by atoms with E-state index in [4.69, 9.17) is 23.2 Å². The molecule has 0 saturated carbocycles. The van der Waals surface area contributed by atoms with Gasteiger partial charge in [-0.3, -0.25) is 4.79 Å². The predicted molar refractivity (Wildman–Crippen MR) is 107 cm³/mol. The molecule has 4 rings (SSSR count). The quantitative estimate of drug-likeness (QED) is 0.674. The minimum Gasteiger partial charge on any atom is -0.326 e. The van der Waals surface area contributed by atoms with Gasteiger partial charge in [-0.2, -0.15) is 10.1 Å². The smallest absolute Gasteiger partial charge is 0.226 e. The molecule has 0 spiro atoms. The Morgan fingerprint density at radius 1 is 1.22 bits per heavy atom. The van der Waals surface area contributed by atoms with E-state index < -0.39 is 0 Å². The molecule has 2 aromatic carbocycles. The van der Waals surface area contributed by atoms with Gasteiger partial charge in [0.25, 0.3) is 0 Å². The van der Waals surface area contributed by atoms with Crippen molar-refractivity contribution < 1.29 is 4.79 Å². The van der Waals surface area contributed by atoms with Crippen molar-refractivity contribution in [1.82, 2.24) is 14.8 Å². The monoisotopic (exact) mass is 399 g/mol. The number of hydrogen-bond acceptors (Lipinski definition) is 4. The Morgan fingerprint density at radius 3 is 2.85 bits per heavy atom. The molecule has 1 aromatic heterocycles. The largest absolute Gasteiger partial charge is 0.326 e. The fourth-order valence-corrected chi connectivity index (χ4v) is 3.55. The van der Waals surface area contributed by atoms with Gasteiger partial charge >= 0.3 is 0 Å². The van der Waals surface area contributed by atoms with Crippen molar-refractivity contribution in [2.45, 2.75) is 13.0 Å². The predicted octanol–water partition coefficient (Wildman–Crippen LogP) is 4.60. The maximum absolute atomic E-state index is 11.3. The molecule has 0 radical (unpaired) electrons. The zero-order chi connectivity index (χ0) is 19.0. The molecule has 3 aromatic rings. The third-order valence-corrected chi connectivity index (χ3v) is 4.75. The summed E-state index contributed by atoms with van der Waals surface area (Å²) in [7, 11) is 0. The van der Waals surface area contributed by atoms with Gasteiger partial charge in [0, 0.05) is 28.4 Å². The molecule has 27 heavy (non-hydrogen) atoms. The number of nitrogens with one attached hydrogen (secondary N) is 2. The highest BCUT2D eigenvalue weighted by Gasteiger charge is 2.25. The zero-order valence-electron chi connectivity index (χ0n) is 14.3. The van der Waals surface area contributed by atoms with Crippen LogP contribution in [0.4, 0.5) is 11.6 Å². The van der Waals surface area contributed by atoms with E-state index in [1.165, 1.54) is 13.3 Å². The van der Waals surface area contributed by atoms with E-state index in [9.17, 15) is 4.79 Å². The summed E-state index contributed by atoms with van der Waals surface area (Å²) < 4.78 is 1.76. The normalized spacial score (nSPS) is 15.5. The van der Waals surface area contributed by atoms with Gasteiger partial charge in [0.1, 0.15) is 12.4 Å². The first-order chi connectivity index (χ1) is 13.0. The van der Waals surface area contributed by atoms with Gasteiger partial charge in [0.2, 0.25) is 11.9 Å². The van der Waals surface area contributed by atoms with Crippen LogP contribution >= 0.6 is 23.2 Å². The van der Waals surface area contributed by atoms with Crippen LogP contribution in [0, 0.1) is 0 Å². The van der Waals surface area contributed by atoms with E-state index in [1.54, 1.807) is 16.8 Å². The lowest BCUT2D eigenvalue weighted by molar-refractivity contribution is -0.114. The van der Waals surface area contributed by atoms with Crippen LogP contribution in [0.5, 0.6) is 0 Å². The van der Waals surface area contributed by atoms with Crippen LogP contribution in [0.3, 0.4) is 0 Å². The molecule has 1 atom stereocenters. The molecule has 1 unspecified atom stereocenters.